The number of hydrogen-bond donors (Lipinski definition) is 1. The summed E-state index contributed by atoms with van der Waals surface area (Å²) in [5.41, 5.74) is 4.74. The Morgan fingerprint density at radius 2 is 1.93 bits per heavy atom. The summed E-state index contributed by atoms with van der Waals surface area (Å²) in [6.07, 6.45) is 5.33. The molecule has 28 heavy (non-hydrogen) atoms. The number of methoxy groups -OCH3 is 1. The van der Waals surface area contributed by atoms with Gasteiger partial charge in [-0.15, -0.1) is 11.3 Å². The minimum atomic E-state index is 0.540. The van der Waals surface area contributed by atoms with Crippen LogP contribution >= 0.6 is 11.3 Å². The van der Waals surface area contributed by atoms with E-state index in [2.05, 4.69) is 25.3 Å². The highest BCUT2D eigenvalue weighted by atomic mass is 32.1. The monoisotopic (exact) mass is 389 g/mol. The molecule has 0 amide bonds. The lowest BCUT2D eigenvalue weighted by Crippen LogP contribution is -1.98. The number of thiazole rings is 1. The highest BCUT2D eigenvalue weighted by molar-refractivity contribution is 7.18. The van der Waals surface area contributed by atoms with Gasteiger partial charge < -0.3 is 10.1 Å². The van der Waals surface area contributed by atoms with Crippen LogP contribution in [0.3, 0.4) is 0 Å². The van der Waals surface area contributed by atoms with Crippen LogP contribution in [0.1, 0.15) is 11.3 Å². The first-order valence-electron chi connectivity index (χ1n) is 8.77. The third-order valence-corrected chi connectivity index (χ3v) is 5.47. The van der Waals surface area contributed by atoms with Gasteiger partial charge in [-0.05, 0) is 55.8 Å². The molecule has 3 aromatic heterocycles. The van der Waals surface area contributed by atoms with Crippen LogP contribution in [-0.2, 0) is 0 Å². The van der Waals surface area contributed by atoms with E-state index in [1.807, 2.05) is 56.4 Å². The largest absolute Gasteiger partial charge is 0.496 e. The molecule has 0 fully saturated rings. The maximum atomic E-state index is 5.31. The van der Waals surface area contributed by atoms with E-state index in [1.54, 1.807) is 30.8 Å². The lowest BCUT2D eigenvalue weighted by Gasteiger charge is -2.09. The van der Waals surface area contributed by atoms with Crippen molar-refractivity contribution < 1.29 is 4.74 Å². The highest BCUT2D eigenvalue weighted by Crippen LogP contribution is 2.34. The fraction of sp³-hybridized carbons (Fsp3) is 0.143. The van der Waals surface area contributed by atoms with Crippen LogP contribution in [0.15, 0.2) is 55.0 Å². The van der Waals surface area contributed by atoms with Gasteiger partial charge in [-0.25, -0.2) is 15.0 Å². The summed E-state index contributed by atoms with van der Waals surface area (Å²) < 4.78 is 5.31. The molecule has 0 aliphatic heterocycles. The minimum Gasteiger partial charge on any atom is -0.496 e. The third kappa shape index (κ3) is 3.70. The van der Waals surface area contributed by atoms with E-state index in [1.165, 1.54) is 0 Å². The topological polar surface area (TPSA) is 72.8 Å². The van der Waals surface area contributed by atoms with Gasteiger partial charge in [0.25, 0.3) is 0 Å². The number of aromatic nitrogens is 4. The van der Waals surface area contributed by atoms with Gasteiger partial charge in [0.1, 0.15) is 10.8 Å². The standard InChI is InChI=1S/C21H19N5OS/c1-13-11-16(6-7-18(13)27-3)25-21-23-10-8-17(26-21)19-14(2)24-20(28-19)15-5-4-9-22-12-15/h4-12H,1-3H3,(H,23,25,26). The fourth-order valence-electron chi connectivity index (χ4n) is 2.88. The first-order chi connectivity index (χ1) is 13.6. The average Bonchev–Trinajstić information content (AvgIpc) is 3.11. The molecule has 0 atom stereocenters. The van der Waals surface area contributed by atoms with Crippen LogP contribution in [0.5, 0.6) is 5.75 Å². The fourth-order valence-corrected chi connectivity index (χ4v) is 3.90. The van der Waals surface area contributed by atoms with Crippen LogP contribution in [-0.4, -0.2) is 27.0 Å². The van der Waals surface area contributed by atoms with Crippen LogP contribution in [0.2, 0.25) is 0 Å². The normalized spacial score (nSPS) is 10.7. The molecular formula is C21H19N5OS. The molecule has 3 heterocycles. The van der Waals surface area contributed by atoms with E-state index in [4.69, 9.17) is 4.74 Å². The molecule has 7 heteroatoms. The Morgan fingerprint density at radius 1 is 1.04 bits per heavy atom. The van der Waals surface area contributed by atoms with Crippen molar-refractivity contribution in [1.82, 2.24) is 19.9 Å². The number of nitrogens with one attached hydrogen (secondary N) is 1. The summed E-state index contributed by atoms with van der Waals surface area (Å²) in [6.45, 7) is 4.00. The minimum absolute atomic E-state index is 0.540. The molecule has 140 valence electrons. The molecule has 4 rings (SSSR count). The van der Waals surface area contributed by atoms with Gasteiger partial charge in [0.05, 0.1) is 23.4 Å². The van der Waals surface area contributed by atoms with Gasteiger partial charge in [0, 0.05) is 29.8 Å². The van der Waals surface area contributed by atoms with Crippen molar-refractivity contribution in [2.24, 2.45) is 0 Å². The van der Waals surface area contributed by atoms with E-state index >= 15 is 0 Å². The Balaban J connectivity index is 1.62. The van der Waals surface area contributed by atoms with Crippen LogP contribution < -0.4 is 10.1 Å². The van der Waals surface area contributed by atoms with Crippen molar-refractivity contribution in [2.45, 2.75) is 13.8 Å². The number of rotatable bonds is 5. The van der Waals surface area contributed by atoms with E-state index < -0.39 is 0 Å². The van der Waals surface area contributed by atoms with Gasteiger partial charge in [-0.3, -0.25) is 4.98 Å². The highest BCUT2D eigenvalue weighted by Gasteiger charge is 2.13. The van der Waals surface area contributed by atoms with Crippen LogP contribution in [0, 0.1) is 13.8 Å². The number of hydrogen-bond acceptors (Lipinski definition) is 7. The molecule has 4 aromatic rings. The first kappa shape index (κ1) is 18.1. The number of benzene rings is 1. The number of anilines is 2. The molecule has 0 aliphatic carbocycles. The van der Waals surface area contributed by atoms with Crippen molar-refractivity contribution in [3.63, 3.8) is 0 Å². The molecule has 0 unspecified atom stereocenters. The number of nitrogens with zero attached hydrogens (tertiary/aromatic N) is 4. The zero-order chi connectivity index (χ0) is 19.5. The summed E-state index contributed by atoms with van der Waals surface area (Å²) in [5, 5.41) is 4.19. The maximum absolute atomic E-state index is 5.31. The van der Waals surface area contributed by atoms with Crippen molar-refractivity contribution in [3.05, 3.63) is 66.2 Å². The zero-order valence-electron chi connectivity index (χ0n) is 15.8. The van der Waals surface area contributed by atoms with Crippen LogP contribution in [0.25, 0.3) is 21.1 Å². The second kappa shape index (κ2) is 7.74. The second-order valence-corrected chi connectivity index (χ2v) is 7.25. The summed E-state index contributed by atoms with van der Waals surface area (Å²) in [4.78, 5) is 18.9. The number of aryl methyl sites for hydroxylation is 2. The predicted molar refractivity (Wildman–Crippen MR) is 112 cm³/mol. The van der Waals surface area contributed by atoms with Gasteiger partial charge in [0.15, 0.2) is 0 Å². The Kier molecular flexibility index (Phi) is 4.99. The average molecular weight is 389 g/mol. The first-order valence-corrected chi connectivity index (χ1v) is 9.58. The lowest BCUT2D eigenvalue weighted by atomic mass is 10.2. The Bertz CT molecular complexity index is 1110. The Morgan fingerprint density at radius 3 is 2.68 bits per heavy atom. The van der Waals surface area contributed by atoms with Gasteiger partial charge >= 0.3 is 0 Å². The molecule has 1 aromatic carbocycles. The summed E-state index contributed by atoms with van der Waals surface area (Å²) in [7, 11) is 1.67. The van der Waals surface area contributed by atoms with Crippen molar-refractivity contribution in [3.8, 4) is 26.9 Å². The number of ether oxygens (including phenoxy) is 1. The van der Waals surface area contributed by atoms with Gasteiger partial charge in [-0.2, -0.15) is 0 Å². The van der Waals surface area contributed by atoms with E-state index in [-0.39, 0.29) is 0 Å². The lowest BCUT2D eigenvalue weighted by molar-refractivity contribution is 0.412. The summed E-state index contributed by atoms with van der Waals surface area (Å²) in [6, 6.07) is 11.7. The van der Waals surface area contributed by atoms with E-state index in [0.717, 1.165) is 43.8 Å². The SMILES string of the molecule is COc1ccc(Nc2nccc(-c3sc(-c4cccnc4)nc3C)n2)cc1C. The van der Waals surface area contributed by atoms with Gasteiger partial charge in [-0.1, -0.05) is 0 Å². The summed E-state index contributed by atoms with van der Waals surface area (Å²) >= 11 is 1.60. The smallest absolute Gasteiger partial charge is 0.227 e. The van der Waals surface area contributed by atoms with Gasteiger partial charge in [0.2, 0.25) is 5.95 Å². The van der Waals surface area contributed by atoms with Crippen molar-refractivity contribution in [2.75, 3.05) is 12.4 Å². The molecule has 0 radical (unpaired) electrons. The molecule has 1 N–H and O–H groups in total. The molecule has 0 saturated carbocycles. The Hall–Kier alpha value is -3.32. The zero-order valence-corrected chi connectivity index (χ0v) is 16.6. The third-order valence-electron chi connectivity index (χ3n) is 4.24. The predicted octanol–water partition coefficient (Wildman–Crippen LogP) is 5.03. The number of pyridine rings is 1. The molecule has 0 saturated heterocycles. The molecule has 6 nitrogen and oxygen atoms in total. The van der Waals surface area contributed by atoms with Crippen molar-refractivity contribution >= 4 is 23.0 Å². The van der Waals surface area contributed by atoms with E-state index in [0.29, 0.717) is 5.95 Å². The van der Waals surface area contributed by atoms with Crippen LogP contribution in [0.4, 0.5) is 11.6 Å². The Labute approximate surface area is 167 Å². The molecular weight excluding hydrogens is 370 g/mol. The quantitative estimate of drug-likeness (QED) is 0.516. The molecule has 0 bridgehead atoms. The van der Waals surface area contributed by atoms with Crippen molar-refractivity contribution in [1.29, 1.82) is 0 Å². The summed E-state index contributed by atoms with van der Waals surface area (Å²) in [5.74, 6) is 1.39. The second-order valence-electron chi connectivity index (χ2n) is 6.25. The van der Waals surface area contributed by atoms with E-state index in [9.17, 15) is 0 Å². The molecule has 0 aliphatic rings. The molecule has 0 spiro atoms. The maximum Gasteiger partial charge on any atom is 0.227 e.